The molecule has 3 aromatic rings. The number of nitrogens with zero attached hydrogens (tertiary/aromatic N) is 3. The highest BCUT2D eigenvalue weighted by Crippen LogP contribution is 2.37. The Balaban J connectivity index is 1.98. The van der Waals surface area contributed by atoms with Crippen LogP contribution in [-0.2, 0) is 0 Å². The van der Waals surface area contributed by atoms with Gasteiger partial charge in [-0.1, -0.05) is 18.2 Å². The van der Waals surface area contributed by atoms with E-state index < -0.39 is 0 Å². The number of aromatic nitrogens is 3. The first-order chi connectivity index (χ1) is 9.38. The molecule has 0 bridgehead atoms. The van der Waals surface area contributed by atoms with Crippen molar-refractivity contribution in [3.63, 3.8) is 0 Å². The van der Waals surface area contributed by atoms with E-state index in [2.05, 4.69) is 15.4 Å². The Bertz CT molecular complexity index is 726. The van der Waals surface area contributed by atoms with E-state index in [9.17, 15) is 0 Å². The molecule has 0 fully saturated rings. The van der Waals surface area contributed by atoms with Crippen LogP contribution >= 0.6 is 11.3 Å². The van der Waals surface area contributed by atoms with Crippen LogP contribution in [0.2, 0.25) is 0 Å². The summed E-state index contributed by atoms with van der Waals surface area (Å²) < 4.78 is 5.79. The zero-order chi connectivity index (χ0) is 13.1. The van der Waals surface area contributed by atoms with Gasteiger partial charge in [0.05, 0.1) is 0 Å². The smallest absolute Gasteiger partial charge is 0.191 e. The molecule has 0 saturated carbocycles. The lowest BCUT2D eigenvalue weighted by Gasteiger charge is -2.04. The maximum absolute atomic E-state index is 8.98. The number of thiophene rings is 1. The number of benzene rings is 1. The van der Waals surface area contributed by atoms with Crippen LogP contribution in [0.25, 0.3) is 10.6 Å². The van der Waals surface area contributed by atoms with Crippen molar-refractivity contribution >= 4 is 11.3 Å². The third-order valence-corrected chi connectivity index (χ3v) is 3.37. The van der Waals surface area contributed by atoms with Gasteiger partial charge in [-0.05, 0) is 23.6 Å². The Morgan fingerprint density at radius 1 is 1.16 bits per heavy atom. The Morgan fingerprint density at radius 3 is 2.79 bits per heavy atom. The van der Waals surface area contributed by atoms with Crippen LogP contribution in [0.15, 0.2) is 41.8 Å². The molecule has 0 atom stereocenters. The number of aromatic amines is 1. The highest BCUT2D eigenvalue weighted by Gasteiger charge is 2.16. The highest BCUT2D eigenvalue weighted by atomic mass is 32.1. The summed E-state index contributed by atoms with van der Waals surface area (Å²) in [5.74, 6) is 1.41. The average Bonchev–Trinajstić information content (AvgIpc) is 3.07. The predicted molar refractivity (Wildman–Crippen MR) is 70.9 cm³/mol. The molecule has 0 unspecified atom stereocenters. The van der Waals surface area contributed by atoms with Crippen molar-refractivity contribution < 1.29 is 4.74 Å². The molecule has 0 spiro atoms. The fourth-order valence-corrected chi connectivity index (χ4v) is 2.44. The van der Waals surface area contributed by atoms with E-state index in [0.717, 1.165) is 10.6 Å². The van der Waals surface area contributed by atoms with Crippen LogP contribution in [-0.4, -0.2) is 15.4 Å². The molecule has 0 radical (unpaired) electrons. The van der Waals surface area contributed by atoms with Gasteiger partial charge in [0.2, 0.25) is 0 Å². The number of H-pyrrole nitrogens is 1. The lowest BCUT2D eigenvalue weighted by atomic mass is 10.2. The second kappa shape index (κ2) is 4.92. The molecule has 0 aliphatic carbocycles. The standard InChI is InChI=1S/C13H8N4OS/c14-8-10-12(16-17-15-10)13-11(6-7-19-13)18-9-4-2-1-3-5-9/h1-7H,(H,15,16,17). The summed E-state index contributed by atoms with van der Waals surface area (Å²) >= 11 is 1.46. The van der Waals surface area contributed by atoms with Crippen molar-refractivity contribution in [1.82, 2.24) is 15.4 Å². The van der Waals surface area contributed by atoms with Crippen LogP contribution in [0.3, 0.4) is 0 Å². The normalized spacial score (nSPS) is 10.1. The van der Waals surface area contributed by atoms with Gasteiger partial charge in [-0.2, -0.15) is 15.6 Å². The zero-order valence-electron chi connectivity index (χ0n) is 9.70. The van der Waals surface area contributed by atoms with Gasteiger partial charge in [-0.15, -0.1) is 16.4 Å². The summed E-state index contributed by atoms with van der Waals surface area (Å²) in [6.07, 6.45) is 0. The fraction of sp³-hybridized carbons (Fsp3) is 0. The number of hydrogen-bond donors (Lipinski definition) is 1. The zero-order valence-corrected chi connectivity index (χ0v) is 10.5. The summed E-state index contributed by atoms with van der Waals surface area (Å²) in [6.45, 7) is 0. The molecule has 1 aromatic carbocycles. The molecule has 1 N–H and O–H groups in total. The average molecular weight is 268 g/mol. The van der Waals surface area contributed by atoms with Crippen molar-refractivity contribution in [2.45, 2.75) is 0 Å². The van der Waals surface area contributed by atoms with E-state index >= 15 is 0 Å². The third kappa shape index (κ3) is 2.19. The van der Waals surface area contributed by atoms with E-state index in [4.69, 9.17) is 10.00 Å². The monoisotopic (exact) mass is 268 g/mol. The Kier molecular flexibility index (Phi) is 2.96. The lowest BCUT2D eigenvalue weighted by Crippen LogP contribution is -1.86. The highest BCUT2D eigenvalue weighted by molar-refractivity contribution is 7.14. The molecule has 19 heavy (non-hydrogen) atoms. The first kappa shape index (κ1) is 11.4. The SMILES string of the molecule is N#Cc1n[nH]nc1-c1sccc1Oc1ccccc1. The topological polar surface area (TPSA) is 74.6 Å². The van der Waals surface area contributed by atoms with Crippen molar-refractivity contribution in [2.24, 2.45) is 0 Å². The van der Waals surface area contributed by atoms with Gasteiger partial charge in [0, 0.05) is 0 Å². The summed E-state index contributed by atoms with van der Waals surface area (Å²) in [4.78, 5) is 0.786. The van der Waals surface area contributed by atoms with Crippen molar-refractivity contribution in [3.05, 3.63) is 47.5 Å². The minimum atomic E-state index is 0.264. The van der Waals surface area contributed by atoms with Gasteiger partial charge in [-0.25, -0.2) is 0 Å². The van der Waals surface area contributed by atoms with Crippen molar-refractivity contribution in [2.75, 3.05) is 0 Å². The van der Waals surface area contributed by atoms with Gasteiger partial charge in [0.1, 0.15) is 28.1 Å². The molecule has 6 heteroatoms. The van der Waals surface area contributed by atoms with E-state index in [0.29, 0.717) is 11.4 Å². The summed E-state index contributed by atoms with van der Waals surface area (Å²) in [7, 11) is 0. The Hall–Kier alpha value is -2.65. The quantitative estimate of drug-likeness (QED) is 0.791. The van der Waals surface area contributed by atoms with Gasteiger partial charge in [0.25, 0.3) is 0 Å². The number of hydrogen-bond acceptors (Lipinski definition) is 5. The van der Waals surface area contributed by atoms with E-state index in [1.54, 1.807) is 0 Å². The molecule has 92 valence electrons. The molecule has 0 amide bonds. The minimum absolute atomic E-state index is 0.264. The van der Waals surface area contributed by atoms with Gasteiger partial charge in [0.15, 0.2) is 5.69 Å². The lowest BCUT2D eigenvalue weighted by molar-refractivity contribution is 0.486. The molecule has 2 heterocycles. The number of ether oxygens (including phenoxy) is 1. The summed E-state index contributed by atoms with van der Waals surface area (Å²) in [6, 6.07) is 13.3. The molecule has 5 nitrogen and oxygen atoms in total. The maximum atomic E-state index is 8.98. The van der Waals surface area contributed by atoms with Crippen LogP contribution in [0.5, 0.6) is 11.5 Å². The Labute approximate surface area is 113 Å². The first-order valence-corrected chi connectivity index (χ1v) is 6.38. The van der Waals surface area contributed by atoms with Crippen molar-refractivity contribution in [1.29, 1.82) is 5.26 Å². The van der Waals surface area contributed by atoms with Gasteiger partial charge >= 0.3 is 0 Å². The predicted octanol–water partition coefficient (Wildman–Crippen LogP) is 3.20. The largest absolute Gasteiger partial charge is 0.456 e. The van der Waals surface area contributed by atoms with Crippen LogP contribution < -0.4 is 4.74 Å². The molecular formula is C13H8N4OS. The van der Waals surface area contributed by atoms with E-state index in [1.807, 2.05) is 47.8 Å². The molecule has 3 rings (SSSR count). The van der Waals surface area contributed by atoms with Crippen LogP contribution in [0.4, 0.5) is 0 Å². The van der Waals surface area contributed by atoms with Crippen LogP contribution in [0.1, 0.15) is 5.69 Å². The van der Waals surface area contributed by atoms with Gasteiger partial charge < -0.3 is 4.74 Å². The van der Waals surface area contributed by atoms with E-state index in [1.165, 1.54) is 11.3 Å². The summed E-state index contributed by atoms with van der Waals surface area (Å²) in [5, 5.41) is 21.1. The third-order valence-electron chi connectivity index (χ3n) is 2.47. The minimum Gasteiger partial charge on any atom is -0.456 e. The summed E-state index contributed by atoms with van der Waals surface area (Å²) in [5.41, 5.74) is 0.781. The first-order valence-electron chi connectivity index (χ1n) is 5.50. The maximum Gasteiger partial charge on any atom is 0.191 e. The second-order valence-electron chi connectivity index (χ2n) is 3.66. The molecule has 0 saturated heterocycles. The molecule has 0 aliphatic rings. The number of rotatable bonds is 3. The van der Waals surface area contributed by atoms with Crippen molar-refractivity contribution in [3.8, 4) is 28.1 Å². The molecule has 2 aromatic heterocycles. The number of nitriles is 1. The Morgan fingerprint density at radius 2 is 2.00 bits per heavy atom. The van der Waals surface area contributed by atoms with Crippen LogP contribution in [0, 0.1) is 11.3 Å². The van der Waals surface area contributed by atoms with E-state index in [-0.39, 0.29) is 5.69 Å². The number of nitrogens with one attached hydrogen (secondary N) is 1. The number of para-hydroxylation sites is 1. The molecule has 0 aliphatic heterocycles. The fourth-order valence-electron chi connectivity index (χ4n) is 1.63. The molecular weight excluding hydrogens is 260 g/mol. The van der Waals surface area contributed by atoms with Gasteiger partial charge in [-0.3, -0.25) is 0 Å². The second-order valence-corrected chi connectivity index (χ2v) is 4.58.